The molecule has 0 heterocycles. The molecule has 1 amide bonds. The molecule has 0 radical (unpaired) electrons. The van der Waals surface area contributed by atoms with Crippen molar-refractivity contribution < 1.29 is 9.18 Å². The van der Waals surface area contributed by atoms with Crippen LogP contribution in [-0.4, -0.2) is 24.4 Å². The fourth-order valence-electron chi connectivity index (χ4n) is 2.91. The summed E-state index contributed by atoms with van der Waals surface area (Å²) < 4.78 is 13.1. The van der Waals surface area contributed by atoms with Crippen LogP contribution in [0.25, 0.3) is 0 Å². The Balaban J connectivity index is 2.01. The van der Waals surface area contributed by atoms with Gasteiger partial charge in [-0.1, -0.05) is 19.3 Å². The Bertz CT molecular complexity index is 452. The molecule has 19 heavy (non-hydrogen) atoms. The van der Waals surface area contributed by atoms with Crippen molar-refractivity contribution in [2.24, 2.45) is 5.92 Å². The van der Waals surface area contributed by atoms with Crippen LogP contribution in [0.1, 0.15) is 48.0 Å². The fourth-order valence-corrected chi connectivity index (χ4v) is 2.91. The summed E-state index contributed by atoms with van der Waals surface area (Å²) >= 11 is 0. The monoisotopic (exact) mass is 263 g/mol. The largest absolute Gasteiger partial charge is 0.341 e. The molecular weight excluding hydrogens is 241 g/mol. The van der Waals surface area contributed by atoms with Crippen LogP contribution in [0.4, 0.5) is 4.39 Å². The lowest BCUT2D eigenvalue weighted by Crippen LogP contribution is -2.33. The van der Waals surface area contributed by atoms with E-state index in [2.05, 4.69) is 0 Å². The number of rotatable bonds is 3. The van der Waals surface area contributed by atoms with Crippen molar-refractivity contribution in [2.45, 2.75) is 39.0 Å². The first-order chi connectivity index (χ1) is 9.08. The van der Waals surface area contributed by atoms with Gasteiger partial charge in [-0.15, -0.1) is 0 Å². The van der Waals surface area contributed by atoms with Gasteiger partial charge in [0, 0.05) is 19.2 Å². The van der Waals surface area contributed by atoms with E-state index in [9.17, 15) is 9.18 Å². The lowest BCUT2D eigenvalue weighted by atomic mass is 9.89. The summed E-state index contributed by atoms with van der Waals surface area (Å²) in [5, 5.41) is 0. The average molecular weight is 263 g/mol. The second-order valence-corrected chi connectivity index (χ2v) is 5.65. The van der Waals surface area contributed by atoms with Crippen molar-refractivity contribution >= 4 is 5.91 Å². The molecule has 2 rings (SSSR count). The fraction of sp³-hybridized carbons (Fsp3) is 0.562. The first-order valence-corrected chi connectivity index (χ1v) is 7.09. The van der Waals surface area contributed by atoms with Crippen molar-refractivity contribution in [2.75, 3.05) is 13.6 Å². The standard InChI is InChI=1S/C16H22FNO/c1-12-10-14(17)8-9-15(12)16(19)18(2)11-13-6-4-3-5-7-13/h8-10,13H,3-7,11H2,1-2H3. The van der Waals surface area contributed by atoms with Gasteiger partial charge < -0.3 is 4.90 Å². The lowest BCUT2D eigenvalue weighted by Gasteiger charge is -2.27. The molecule has 0 atom stereocenters. The lowest BCUT2D eigenvalue weighted by molar-refractivity contribution is 0.0760. The molecule has 104 valence electrons. The van der Waals surface area contributed by atoms with Gasteiger partial charge in [0.1, 0.15) is 5.82 Å². The SMILES string of the molecule is Cc1cc(F)ccc1C(=O)N(C)CC1CCCCC1. The molecule has 1 saturated carbocycles. The van der Waals surface area contributed by atoms with Crippen molar-refractivity contribution in [1.82, 2.24) is 4.90 Å². The smallest absolute Gasteiger partial charge is 0.253 e. The molecule has 1 aliphatic rings. The Hall–Kier alpha value is -1.38. The highest BCUT2D eigenvalue weighted by Gasteiger charge is 2.20. The molecule has 1 aliphatic carbocycles. The molecule has 0 spiro atoms. The molecule has 2 nitrogen and oxygen atoms in total. The topological polar surface area (TPSA) is 20.3 Å². The summed E-state index contributed by atoms with van der Waals surface area (Å²) in [5.41, 5.74) is 1.32. The zero-order valence-corrected chi connectivity index (χ0v) is 11.8. The number of carbonyl (C=O) groups excluding carboxylic acids is 1. The number of hydrogen-bond acceptors (Lipinski definition) is 1. The van der Waals surface area contributed by atoms with Gasteiger partial charge in [0.05, 0.1) is 0 Å². The van der Waals surface area contributed by atoms with Crippen molar-refractivity contribution in [1.29, 1.82) is 0 Å². The Labute approximate surface area is 114 Å². The van der Waals surface area contributed by atoms with E-state index in [1.165, 1.54) is 44.2 Å². The highest BCUT2D eigenvalue weighted by molar-refractivity contribution is 5.95. The van der Waals surface area contributed by atoms with Gasteiger partial charge in [-0.25, -0.2) is 4.39 Å². The van der Waals surface area contributed by atoms with Gasteiger partial charge in [-0.3, -0.25) is 4.79 Å². The molecule has 1 aromatic rings. The van der Waals surface area contributed by atoms with Crippen molar-refractivity contribution in [3.63, 3.8) is 0 Å². The number of nitrogens with zero attached hydrogens (tertiary/aromatic N) is 1. The summed E-state index contributed by atoms with van der Waals surface area (Å²) in [6, 6.07) is 4.36. The van der Waals surface area contributed by atoms with E-state index < -0.39 is 0 Å². The summed E-state index contributed by atoms with van der Waals surface area (Å²) in [4.78, 5) is 14.1. The second-order valence-electron chi connectivity index (χ2n) is 5.65. The number of aryl methyl sites for hydroxylation is 1. The Morgan fingerprint density at radius 2 is 2.00 bits per heavy atom. The van der Waals surface area contributed by atoms with E-state index >= 15 is 0 Å². The summed E-state index contributed by atoms with van der Waals surface area (Å²) in [6.07, 6.45) is 6.33. The minimum atomic E-state index is -0.288. The van der Waals surface area contributed by atoms with Gasteiger partial charge in [-0.2, -0.15) is 0 Å². The van der Waals surface area contributed by atoms with Gasteiger partial charge in [0.2, 0.25) is 0 Å². The van der Waals surface area contributed by atoms with E-state index in [0.29, 0.717) is 17.0 Å². The average Bonchev–Trinajstić information content (AvgIpc) is 2.39. The van der Waals surface area contributed by atoms with Crippen molar-refractivity contribution in [3.8, 4) is 0 Å². The van der Waals surface area contributed by atoms with Crippen LogP contribution in [-0.2, 0) is 0 Å². The molecule has 0 N–H and O–H groups in total. The minimum Gasteiger partial charge on any atom is -0.341 e. The van der Waals surface area contributed by atoms with Crippen LogP contribution in [0, 0.1) is 18.7 Å². The van der Waals surface area contributed by atoms with Gasteiger partial charge in [0.15, 0.2) is 0 Å². The second kappa shape index (κ2) is 6.18. The maximum absolute atomic E-state index is 13.1. The molecule has 0 saturated heterocycles. The summed E-state index contributed by atoms with van der Waals surface area (Å²) in [6.45, 7) is 2.60. The molecule has 3 heteroatoms. The minimum absolute atomic E-state index is 0.00285. The molecule has 0 aliphatic heterocycles. The Kier molecular flexibility index (Phi) is 4.56. The van der Waals surface area contributed by atoms with Gasteiger partial charge >= 0.3 is 0 Å². The van der Waals surface area contributed by atoms with E-state index in [1.807, 2.05) is 7.05 Å². The highest BCUT2D eigenvalue weighted by Crippen LogP contribution is 2.24. The molecule has 0 unspecified atom stereocenters. The van der Waals surface area contributed by atoms with E-state index in [-0.39, 0.29) is 11.7 Å². The van der Waals surface area contributed by atoms with Crippen LogP contribution in [0.3, 0.4) is 0 Å². The third kappa shape index (κ3) is 3.55. The molecule has 1 aromatic carbocycles. The molecule has 1 fully saturated rings. The van der Waals surface area contributed by atoms with Crippen LogP contribution < -0.4 is 0 Å². The number of benzene rings is 1. The van der Waals surface area contributed by atoms with Crippen LogP contribution in [0.2, 0.25) is 0 Å². The Morgan fingerprint density at radius 1 is 1.32 bits per heavy atom. The first-order valence-electron chi connectivity index (χ1n) is 7.09. The quantitative estimate of drug-likeness (QED) is 0.812. The van der Waals surface area contributed by atoms with Gasteiger partial charge in [0.25, 0.3) is 5.91 Å². The van der Waals surface area contributed by atoms with Crippen LogP contribution >= 0.6 is 0 Å². The Morgan fingerprint density at radius 3 is 2.63 bits per heavy atom. The maximum atomic E-state index is 13.1. The number of hydrogen-bond donors (Lipinski definition) is 0. The molecule has 0 bridgehead atoms. The predicted molar refractivity (Wildman–Crippen MR) is 74.7 cm³/mol. The van der Waals surface area contributed by atoms with Crippen LogP contribution in [0.5, 0.6) is 0 Å². The van der Waals surface area contributed by atoms with Gasteiger partial charge in [-0.05, 0) is 49.4 Å². The third-order valence-electron chi connectivity index (χ3n) is 4.02. The van der Waals surface area contributed by atoms with Crippen LogP contribution in [0.15, 0.2) is 18.2 Å². The highest BCUT2D eigenvalue weighted by atomic mass is 19.1. The van der Waals surface area contributed by atoms with E-state index in [0.717, 1.165) is 6.54 Å². The molecule has 0 aromatic heterocycles. The van der Waals surface area contributed by atoms with E-state index in [4.69, 9.17) is 0 Å². The summed E-state index contributed by atoms with van der Waals surface area (Å²) in [5.74, 6) is 0.343. The normalized spacial score (nSPS) is 16.4. The molecular formula is C16H22FNO. The number of amides is 1. The maximum Gasteiger partial charge on any atom is 0.253 e. The number of carbonyl (C=O) groups is 1. The summed E-state index contributed by atoms with van der Waals surface area (Å²) in [7, 11) is 1.85. The van der Waals surface area contributed by atoms with Crippen molar-refractivity contribution in [3.05, 3.63) is 35.1 Å². The zero-order valence-electron chi connectivity index (χ0n) is 11.8. The zero-order chi connectivity index (χ0) is 13.8. The number of halogens is 1. The first kappa shape index (κ1) is 14.0. The van der Waals surface area contributed by atoms with E-state index in [1.54, 1.807) is 17.9 Å². The predicted octanol–water partition coefficient (Wildman–Crippen LogP) is 3.79. The third-order valence-corrected chi connectivity index (χ3v) is 4.02.